The summed E-state index contributed by atoms with van der Waals surface area (Å²) in [5, 5.41) is 4.83. The number of hydrogen-bond acceptors (Lipinski definition) is 6. The number of amides is 2. The fraction of sp³-hybridized carbons (Fsp3) is 0.273. The van der Waals surface area contributed by atoms with E-state index in [1.54, 1.807) is 31.2 Å². The van der Waals surface area contributed by atoms with Crippen molar-refractivity contribution in [2.24, 2.45) is 0 Å². The second kappa shape index (κ2) is 9.12. The molecule has 0 atom stereocenters. The van der Waals surface area contributed by atoms with Gasteiger partial charge >= 0.3 is 0 Å². The molecule has 0 saturated carbocycles. The van der Waals surface area contributed by atoms with Crippen LogP contribution in [0.15, 0.2) is 58.2 Å². The van der Waals surface area contributed by atoms with Crippen molar-refractivity contribution < 1.29 is 18.0 Å². The molecule has 2 amide bonds. The average molecular weight is 470 g/mol. The molecule has 0 radical (unpaired) electrons. The summed E-state index contributed by atoms with van der Waals surface area (Å²) in [4.78, 5) is 37.7. The van der Waals surface area contributed by atoms with E-state index < -0.39 is 21.8 Å². The molecule has 1 aliphatic rings. The molecule has 0 spiro atoms. The van der Waals surface area contributed by atoms with E-state index in [9.17, 15) is 22.8 Å². The van der Waals surface area contributed by atoms with E-state index in [4.69, 9.17) is 0 Å². The van der Waals surface area contributed by atoms with Gasteiger partial charge in [-0.1, -0.05) is 18.2 Å². The number of hydrogen-bond donors (Lipinski definition) is 2. The van der Waals surface area contributed by atoms with Crippen LogP contribution >= 0.6 is 0 Å². The number of aromatic nitrogens is 2. The Morgan fingerprint density at radius 2 is 1.55 bits per heavy atom. The quantitative estimate of drug-likeness (QED) is 0.541. The van der Waals surface area contributed by atoms with Crippen LogP contribution in [0, 0.1) is 0 Å². The van der Waals surface area contributed by atoms with E-state index in [0.29, 0.717) is 23.9 Å². The molecule has 1 saturated heterocycles. The molecule has 0 bridgehead atoms. The Hall–Kier alpha value is -3.57. The second-order valence-electron chi connectivity index (χ2n) is 7.56. The molecule has 172 valence electrons. The number of carbonyl (C=O) groups is 2. The molecule has 4 rings (SSSR count). The molecule has 1 aromatic heterocycles. The molecule has 0 unspecified atom stereocenters. The normalized spacial score (nSPS) is 14.3. The van der Waals surface area contributed by atoms with Gasteiger partial charge in [-0.3, -0.25) is 25.2 Å². The Morgan fingerprint density at radius 3 is 2.18 bits per heavy atom. The van der Waals surface area contributed by atoms with Crippen molar-refractivity contribution >= 4 is 32.6 Å². The third kappa shape index (κ3) is 4.37. The van der Waals surface area contributed by atoms with Crippen LogP contribution in [0.1, 0.15) is 40.6 Å². The van der Waals surface area contributed by atoms with E-state index in [0.717, 1.165) is 12.8 Å². The van der Waals surface area contributed by atoms with Crippen molar-refractivity contribution in [3.05, 3.63) is 70.1 Å². The number of benzene rings is 2. The topological polar surface area (TPSA) is 130 Å². The first-order valence-corrected chi connectivity index (χ1v) is 12.0. The van der Waals surface area contributed by atoms with E-state index in [1.807, 2.05) is 0 Å². The smallest absolute Gasteiger partial charge is 0.267 e. The van der Waals surface area contributed by atoms with Gasteiger partial charge in [-0.05, 0) is 50.1 Å². The second-order valence-corrected chi connectivity index (χ2v) is 9.50. The molecule has 2 N–H and O–H groups in total. The highest BCUT2D eigenvalue weighted by Crippen LogP contribution is 2.21. The van der Waals surface area contributed by atoms with Crippen molar-refractivity contribution in [1.29, 1.82) is 0 Å². The van der Waals surface area contributed by atoms with Crippen LogP contribution in [-0.2, 0) is 16.6 Å². The lowest BCUT2D eigenvalue weighted by molar-refractivity contribution is 0.0843. The number of nitrogens with zero attached hydrogens (tertiary/aromatic N) is 3. The molecule has 1 fully saturated rings. The van der Waals surface area contributed by atoms with Gasteiger partial charge in [-0.25, -0.2) is 13.1 Å². The fourth-order valence-electron chi connectivity index (χ4n) is 3.72. The van der Waals surface area contributed by atoms with Crippen molar-refractivity contribution in [1.82, 2.24) is 24.9 Å². The number of sulfonamides is 1. The van der Waals surface area contributed by atoms with Crippen LogP contribution in [0.25, 0.3) is 10.8 Å². The summed E-state index contributed by atoms with van der Waals surface area (Å²) >= 11 is 0. The maximum absolute atomic E-state index is 12.7. The molecule has 3 aromatic rings. The zero-order chi connectivity index (χ0) is 23.6. The van der Waals surface area contributed by atoms with Crippen LogP contribution in [0.3, 0.4) is 0 Å². The highest BCUT2D eigenvalue weighted by Gasteiger charge is 2.27. The van der Waals surface area contributed by atoms with Crippen molar-refractivity contribution in [2.45, 2.75) is 31.2 Å². The predicted octanol–water partition coefficient (Wildman–Crippen LogP) is 1.28. The minimum Gasteiger partial charge on any atom is -0.267 e. The van der Waals surface area contributed by atoms with Gasteiger partial charge in [0.05, 0.1) is 10.3 Å². The number of aryl methyl sites for hydroxylation is 1. The van der Waals surface area contributed by atoms with Crippen molar-refractivity contribution in [3.63, 3.8) is 0 Å². The van der Waals surface area contributed by atoms with Crippen LogP contribution in [0.4, 0.5) is 0 Å². The summed E-state index contributed by atoms with van der Waals surface area (Å²) in [5.41, 5.74) is 4.47. The molecule has 10 nitrogen and oxygen atoms in total. The van der Waals surface area contributed by atoms with Crippen molar-refractivity contribution in [2.75, 3.05) is 13.1 Å². The Balaban J connectivity index is 1.49. The molecular formula is C22H23N5O5S. The summed E-state index contributed by atoms with van der Waals surface area (Å²) in [6.45, 7) is 3.00. The highest BCUT2D eigenvalue weighted by molar-refractivity contribution is 7.89. The fourth-order valence-corrected chi connectivity index (χ4v) is 5.23. The lowest BCUT2D eigenvalue weighted by Gasteiger charge is -2.15. The molecule has 11 heteroatoms. The van der Waals surface area contributed by atoms with Crippen molar-refractivity contribution in [3.8, 4) is 0 Å². The van der Waals surface area contributed by atoms with Gasteiger partial charge in [0, 0.05) is 30.6 Å². The monoisotopic (exact) mass is 469 g/mol. The molecule has 0 aliphatic carbocycles. The largest absolute Gasteiger partial charge is 0.290 e. The number of carbonyl (C=O) groups excluding carboxylic acids is 2. The molecule has 1 aliphatic heterocycles. The highest BCUT2D eigenvalue weighted by atomic mass is 32.2. The molecular weight excluding hydrogens is 446 g/mol. The van der Waals surface area contributed by atoms with E-state index in [1.165, 1.54) is 33.3 Å². The first-order valence-electron chi connectivity index (χ1n) is 10.5. The third-order valence-corrected chi connectivity index (χ3v) is 7.40. The first-order chi connectivity index (χ1) is 15.8. The number of nitrogens with one attached hydrogen (secondary N) is 2. The van der Waals surface area contributed by atoms with Crippen LogP contribution in [0.2, 0.25) is 0 Å². The average Bonchev–Trinajstić information content (AvgIpc) is 3.39. The third-order valence-electron chi connectivity index (χ3n) is 5.49. The lowest BCUT2D eigenvalue weighted by Crippen LogP contribution is -2.42. The Kier molecular flexibility index (Phi) is 6.25. The summed E-state index contributed by atoms with van der Waals surface area (Å²) in [6.07, 6.45) is 1.67. The first kappa shape index (κ1) is 22.6. The van der Waals surface area contributed by atoms with Gasteiger partial charge in [0.1, 0.15) is 0 Å². The lowest BCUT2D eigenvalue weighted by atomic mass is 10.1. The van der Waals surface area contributed by atoms with Gasteiger partial charge < -0.3 is 0 Å². The minimum absolute atomic E-state index is 0.000551. The van der Waals surface area contributed by atoms with Crippen LogP contribution in [0.5, 0.6) is 0 Å². The maximum Gasteiger partial charge on any atom is 0.290 e. The maximum atomic E-state index is 12.7. The number of rotatable bonds is 5. The number of hydrazine groups is 1. The summed E-state index contributed by atoms with van der Waals surface area (Å²) in [5.74, 6) is -1.31. The standard InChI is InChI=1S/C22H23N5O5S/c1-2-27-22(30)18-8-4-3-7-17(18)19(25-27)21(29)24-23-20(28)15-9-11-16(12-10-15)33(31,32)26-13-5-6-14-26/h3-4,7-12H,2,5-6,13-14H2,1H3,(H,23,28)(H,24,29). The molecule has 2 heterocycles. The summed E-state index contributed by atoms with van der Waals surface area (Å²) in [7, 11) is -3.58. The van der Waals surface area contributed by atoms with E-state index in [-0.39, 0.29) is 28.3 Å². The molecule has 2 aromatic carbocycles. The predicted molar refractivity (Wildman–Crippen MR) is 121 cm³/mol. The Labute approximate surface area is 190 Å². The summed E-state index contributed by atoms with van der Waals surface area (Å²) in [6, 6.07) is 12.1. The van der Waals surface area contributed by atoms with Crippen LogP contribution < -0.4 is 16.4 Å². The van der Waals surface area contributed by atoms with Gasteiger partial charge in [-0.15, -0.1) is 0 Å². The van der Waals surface area contributed by atoms with Gasteiger partial charge in [0.2, 0.25) is 10.0 Å². The molecule has 33 heavy (non-hydrogen) atoms. The van der Waals surface area contributed by atoms with Gasteiger partial charge in [-0.2, -0.15) is 9.40 Å². The summed E-state index contributed by atoms with van der Waals surface area (Å²) < 4.78 is 27.8. The van der Waals surface area contributed by atoms with E-state index >= 15 is 0 Å². The minimum atomic E-state index is -3.58. The van der Waals surface area contributed by atoms with E-state index in [2.05, 4.69) is 16.0 Å². The SMILES string of the molecule is CCn1nc(C(=O)NNC(=O)c2ccc(S(=O)(=O)N3CCCC3)cc2)c2ccccc2c1=O. The van der Waals surface area contributed by atoms with Crippen LogP contribution in [-0.4, -0.2) is 47.4 Å². The zero-order valence-electron chi connectivity index (χ0n) is 17.9. The Morgan fingerprint density at radius 1 is 0.939 bits per heavy atom. The van der Waals surface area contributed by atoms with Gasteiger partial charge in [0.25, 0.3) is 17.4 Å². The van der Waals surface area contributed by atoms with Gasteiger partial charge in [0.15, 0.2) is 5.69 Å². The Bertz CT molecular complexity index is 1380. The number of fused-ring (bicyclic) bond motifs is 1. The zero-order valence-corrected chi connectivity index (χ0v) is 18.8.